The van der Waals surface area contributed by atoms with Crippen LogP contribution in [0.5, 0.6) is 0 Å². The van der Waals surface area contributed by atoms with Crippen molar-refractivity contribution in [1.82, 2.24) is 9.55 Å². The van der Waals surface area contributed by atoms with Crippen LogP contribution in [0.4, 0.5) is 0 Å². The minimum Gasteiger partial charge on any atom is -0.297 e. The van der Waals surface area contributed by atoms with Crippen molar-refractivity contribution in [3.8, 4) is 0 Å². The van der Waals surface area contributed by atoms with E-state index in [1.54, 1.807) is 12.1 Å². The molecule has 2 aromatic rings. The fraction of sp³-hybridized carbons (Fsp3) is 0. The second-order valence-corrected chi connectivity index (χ2v) is 3.60. The average molecular weight is 238 g/mol. The molecule has 0 saturated heterocycles. The molecule has 4 heteroatoms. The van der Waals surface area contributed by atoms with Gasteiger partial charge in [0.1, 0.15) is 0 Å². The topological polar surface area (TPSA) is 34.9 Å². The minimum absolute atomic E-state index is 0.133. The third-order valence-corrected chi connectivity index (χ3v) is 2.28. The van der Waals surface area contributed by atoms with E-state index in [4.69, 9.17) is 0 Å². The Hall–Kier alpha value is -1.16. The zero-order valence-corrected chi connectivity index (χ0v) is 8.28. The molecule has 0 aliphatic carbocycles. The predicted octanol–water partition coefficient (Wildman–Crippen LogP) is 1.80. The number of halogens is 1. The van der Waals surface area contributed by atoms with Gasteiger partial charge in [-0.2, -0.15) is 0 Å². The quantitative estimate of drug-likeness (QED) is 0.701. The van der Waals surface area contributed by atoms with Gasteiger partial charge in [0.05, 0.1) is 17.2 Å². The van der Waals surface area contributed by atoms with Crippen molar-refractivity contribution in [1.29, 1.82) is 0 Å². The second-order valence-electron chi connectivity index (χ2n) is 2.68. The Balaban J connectivity index is 2.97. The number of hydrogen-bond donors (Lipinski definition) is 0. The molecule has 0 aliphatic heterocycles. The van der Waals surface area contributed by atoms with E-state index in [2.05, 4.69) is 28.0 Å². The van der Waals surface area contributed by atoms with Crippen LogP contribution in [-0.2, 0) is 0 Å². The zero-order valence-electron chi connectivity index (χ0n) is 6.70. The fourth-order valence-corrected chi connectivity index (χ4v) is 1.49. The Kier molecular flexibility index (Phi) is 1.92. The lowest BCUT2D eigenvalue weighted by atomic mass is 10.2. The van der Waals surface area contributed by atoms with Crippen molar-refractivity contribution in [3.05, 3.63) is 46.4 Å². The lowest BCUT2D eigenvalue weighted by Gasteiger charge is -1.99. The highest BCUT2D eigenvalue weighted by Crippen LogP contribution is 2.14. The highest BCUT2D eigenvalue weighted by atomic mass is 79.9. The molecule has 1 radical (unpaired) electrons. The fourth-order valence-electron chi connectivity index (χ4n) is 1.13. The van der Waals surface area contributed by atoms with E-state index < -0.39 is 0 Å². The summed E-state index contributed by atoms with van der Waals surface area (Å²) in [7, 11) is 3.53. The van der Waals surface area contributed by atoms with Gasteiger partial charge in [-0.05, 0) is 18.2 Å². The van der Waals surface area contributed by atoms with Gasteiger partial charge in [-0.3, -0.25) is 9.36 Å². The highest BCUT2D eigenvalue weighted by Gasteiger charge is 2.01. The first-order valence-corrected chi connectivity index (χ1v) is 4.45. The smallest absolute Gasteiger partial charge is 0.261 e. The molecule has 0 fully saturated rings. The molecule has 0 saturated carbocycles. The van der Waals surface area contributed by atoms with E-state index in [-0.39, 0.29) is 5.56 Å². The van der Waals surface area contributed by atoms with E-state index in [0.29, 0.717) is 10.9 Å². The molecule has 1 aromatic heterocycles. The first kappa shape index (κ1) is 8.44. The van der Waals surface area contributed by atoms with Crippen LogP contribution in [0, 0.1) is 7.05 Å². The Morgan fingerprint density at radius 2 is 2.23 bits per heavy atom. The Bertz CT molecular complexity index is 513. The van der Waals surface area contributed by atoms with Gasteiger partial charge in [-0.25, -0.2) is 4.98 Å². The van der Waals surface area contributed by atoms with E-state index in [9.17, 15) is 4.79 Å². The maximum atomic E-state index is 11.5. The van der Waals surface area contributed by atoms with Gasteiger partial charge >= 0.3 is 0 Å². The molecule has 0 aliphatic rings. The van der Waals surface area contributed by atoms with E-state index in [1.165, 1.54) is 10.9 Å². The van der Waals surface area contributed by atoms with Crippen LogP contribution >= 0.6 is 15.9 Å². The summed E-state index contributed by atoms with van der Waals surface area (Å²) in [5.74, 6) is 0. The van der Waals surface area contributed by atoms with Crippen molar-refractivity contribution in [3.63, 3.8) is 0 Å². The van der Waals surface area contributed by atoms with Gasteiger partial charge in [-0.1, -0.05) is 15.9 Å². The molecule has 0 N–H and O–H groups in total. The van der Waals surface area contributed by atoms with Crippen LogP contribution in [0.3, 0.4) is 0 Å². The number of rotatable bonds is 0. The van der Waals surface area contributed by atoms with Crippen molar-refractivity contribution in [2.45, 2.75) is 0 Å². The molecule has 2 rings (SSSR count). The summed E-state index contributed by atoms with van der Waals surface area (Å²) in [4.78, 5) is 15.6. The minimum atomic E-state index is -0.133. The second kappa shape index (κ2) is 2.96. The number of aromatic nitrogens is 2. The summed E-state index contributed by atoms with van der Waals surface area (Å²) in [6.45, 7) is 0. The first-order chi connectivity index (χ1) is 6.18. The van der Waals surface area contributed by atoms with Gasteiger partial charge < -0.3 is 0 Å². The van der Waals surface area contributed by atoms with Gasteiger partial charge in [0.2, 0.25) is 0 Å². The van der Waals surface area contributed by atoms with Gasteiger partial charge in [-0.15, -0.1) is 0 Å². The summed E-state index contributed by atoms with van der Waals surface area (Å²) in [6.07, 6.45) is 1.42. The van der Waals surface area contributed by atoms with Crippen LogP contribution in [0.25, 0.3) is 10.9 Å². The van der Waals surface area contributed by atoms with E-state index in [0.717, 1.165) is 4.47 Å². The Labute approximate surface area is 83.2 Å². The average Bonchev–Trinajstić information content (AvgIpc) is 2.12. The molecule has 0 atom stereocenters. The van der Waals surface area contributed by atoms with Gasteiger partial charge in [0.15, 0.2) is 0 Å². The van der Waals surface area contributed by atoms with Gasteiger partial charge in [0.25, 0.3) is 5.56 Å². The molecule has 0 unspecified atom stereocenters. The Morgan fingerprint density at radius 3 is 3.00 bits per heavy atom. The molecule has 1 aromatic carbocycles. The molecule has 0 spiro atoms. The number of nitrogens with zero attached hydrogens (tertiary/aromatic N) is 2. The van der Waals surface area contributed by atoms with Crippen molar-refractivity contribution < 1.29 is 0 Å². The summed E-state index contributed by atoms with van der Waals surface area (Å²) < 4.78 is 2.08. The first-order valence-electron chi connectivity index (χ1n) is 3.66. The Morgan fingerprint density at radius 1 is 1.46 bits per heavy atom. The SMILES string of the molecule is [CH2]n1cnc2ccc(Br)cc2c1=O. The third-order valence-electron chi connectivity index (χ3n) is 1.79. The van der Waals surface area contributed by atoms with Gasteiger partial charge in [0, 0.05) is 11.5 Å². The van der Waals surface area contributed by atoms with Crippen LogP contribution < -0.4 is 5.56 Å². The maximum Gasteiger partial charge on any atom is 0.261 e. The normalized spacial score (nSPS) is 10.6. The van der Waals surface area contributed by atoms with Crippen LogP contribution in [-0.4, -0.2) is 9.55 Å². The number of benzene rings is 1. The molecular formula is C9H6BrN2O. The molecule has 65 valence electrons. The van der Waals surface area contributed by atoms with Crippen LogP contribution in [0.15, 0.2) is 33.8 Å². The molecule has 0 bridgehead atoms. The van der Waals surface area contributed by atoms with E-state index >= 15 is 0 Å². The van der Waals surface area contributed by atoms with Crippen LogP contribution in [0.2, 0.25) is 0 Å². The maximum absolute atomic E-state index is 11.5. The summed E-state index contributed by atoms with van der Waals surface area (Å²) in [5.41, 5.74) is 0.555. The van der Waals surface area contributed by atoms with Crippen molar-refractivity contribution >= 4 is 26.8 Å². The molecule has 13 heavy (non-hydrogen) atoms. The zero-order chi connectivity index (χ0) is 9.42. The number of hydrogen-bond acceptors (Lipinski definition) is 2. The van der Waals surface area contributed by atoms with Crippen molar-refractivity contribution in [2.24, 2.45) is 0 Å². The lowest BCUT2D eigenvalue weighted by molar-refractivity contribution is 0.962. The third kappa shape index (κ3) is 1.37. The summed E-state index contributed by atoms with van der Waals surface area (Å²) in [5, 5.41) is 0.576. The largest absolute Gasteiger partial charge is 0.297 e. The standard InChI is InChI=1S/C9H6BrN2O/c1-12-5-11-8-3-2-6(10)4-7(8)9(12)13/h2-5H,1H2. The lowest BCUT2D eigenvalue weighted by Crippen LogP contribution is -2.15. The molecule has 1 heterocycles. The monoisotopic (exact) mass is 237 g/mol. The molecular weight excluding hydrogens is 232 g/mol. The van der Waals surface area contributed by atoms with Crippen LogP contribution in [0.1, 0.15) is 0 Å². The summed E-state index contributed by atoms with van der Waals surface area (Å²) >= 11 is 3.29. The molecule has 3 nitrogen and oxygen atoms in total. The highest BCUT2D eigenvalue weighted by molar-refractivity contribution is 9.10. The number of fused-ring (bicyclic) bond motifs is 1. The van der Waals surface area contributed by atoms with E-state index in [1.807, 2.05) is 6.07 Å². The van der Waals surface area contributed by atoms with Crippen molar-refractivity contribution in [2.75, 3.05) is 0 Å². The predicted molar refractivity (Wildman–Crippen MR) is 54.5 cm³/mol. The summed E-state index contributed by atoms with van der Waals surface area (Å²) in [6, 6.07) is 5.38. The molecule has 0 amide bonds.